The van der Waals surface area contributed by atoms with Crippen LogP contribution in [0.2, 0.25) is 0 Å². The zero-order valence-corrected chi connectivity index (χ0v) is 10.4. The molecule has 0 aliphatic rings. The van der Waals surface area contributed by atoms with Crippen molar-refractivity contribution in [2.75, 3.05) is 0 Å². The fourth-order valence-corrected chi connectivity index (χ4v) is 2.22. The first-order chi connectivity index (χ1) is 9.88. The zero-order valence-electron chi connectivity index (χ0n) is 10.4. The molecule has 0 saturated heterocycles. The van der Waals surface area contributed by atoms with Gasteiger partial charge in [0.2, 0.25) is 0 Å². The van der Waals surface area contributed by atoms with Gasteiger partial charge in [-0.2, -0.15) is 13.2 Å². The van der Waals surface area contributed by atoms with E-state index in [1.54, 1.807) is 12.4 Å². The summed E-state index contributed by atoms with van der Waals surface area (Å²) in [7, 11) is 0. The molecule has 0 aliphatic heterocycles. The Morgan fingerprint density at radius 3 is 2.57 bits per heavy atom. The van der Waals surface area contributed by atoms with Gasteiger partial charge >= 0.3 is 6.18 Å². The van der Waals surface area contributed by atoms with Gasteiger partial charge in [0.25, 0.3) is 5.56 Å². The molecule has 0 radical (unpaired) electrons. The largest absolute Gasteiger partial charge is 0.419 e. The normalized spacial score (nSPS) is 12.0. The number of H-pyrrole nitrogens is 1. The molecule has 21 heavy (non-hydrogen) atoms. The molecule has 3 nitrogen and oxygen atoms in total. The van der Waals surface area contributed by atoms with Crippen molar-refractivity contribution in [3.63, 3.8) is 0 Å². The molecular weight excluding hydrogens is 288 g/mol. The van der Waals surface area contributed by atoms with Gasteiger partial charge in [0.15, 0.2) is 0 Å². The lowest BCUT2D eigenvalue weighted by molar-refractivity contribution is -0.139. The molecule has 1 aromatic carbocycles. The first kappa shape index (κ1) is 13.4. The Bertz CT molecular complexity index is 877. The molecule has 2 aromatic heterocycles. The number of halogens is 4. The average molecular weight is 296 g/mol. The molecule has 3 aromatic rings. The van der Waals surface area contributed by atoms with E-state index in [4.69, 9.17) is 0 Å². The number of hydrogen-bond acceptors (Lipinski definition) is 1. The average Bonchev–Trinajstić information content (AvgIpc) is 2.83. The number of nitrogens with zero attached hydrogens (tertiary/aromatic N) is 1. The van der Waals surface area contributed by atoms with Gasteiger partial charge in [-0.1, -0.05) is 6.07 Å². The van der Waals surface area contributed by atoms with Crippen molar-refractivity contribution in [3.05, 3.63) is 64.6 Å². The van der Waals surface area contributed by atoms with E-state index < -0.39 is 23.1 Å². The molecule has 0 atom stereocenters. The summed E-state index contributed by atoms with van der Waals surface area (Å²) >= 11 is 0. The van der Waals surface area contributed by atoms with E-state index in [9.17, 15) is 22.4 Å². The summed E-state index contributed by atoms with van der Waals surface area (Å²) in [5, 5.41) is 0. The van der Waals surface area contributed by atoms with Crippen LogP contribution in [0.25, 0.3) is 16.6 Å². The van der Waals surface area contributed by atoms with Crippen molar-refractivity contribution < 1.29 is 17.6 Å². The summed E-state index contributed by atoms with van der Waals surface area (Å²) in [5.41, 5.74) is -1.15. The Labute approximate surface area is 115 Å². The maximum atomic E-state index is 13.3. The van der Waals surface area contributed by atoms with Crippen LogP contribution in [0.1, 0.15) is 5.56 Å². The van der Waals surface area contributed by atoms with Gasteiger partial charge in [-0.25, -0.2) is 4.39 Å². The minimum absolute atomic E-state index is 0.128. The summed E-state index contributed by atoms with van der Waals surface area (Å²) in [6, 6.07) is 4.18. The second-order valence-electron chi connectivity index (χ2n) is 4.47. The topological polar surface area (TPSA) is 37.3 Å². The number of aromatic amines is 1. The second-order valence-corrected chi connectivity index (χ2v) is 4.47. The molecule has 0 spiro atoms. The molecule has 0 amide bonds. The summed E-state index contributed by atoms with van der Waals surface area (Å²) in [6.45, 7) is 0. The zero-order chi connectivity index (χ0) is 15.2. The molecule has 0 saturated carbocycles. The van der Waals surface area contributed by atoms with Crippen LogP contribution in [0.4, 0.5) is 17.6 Å². The Morgan fingerprint density at radius 1 is 1.10 bits per heavy atom. The van der Waals surface area contributed by atoms with Crippen LogP contribution in [0.5, 0.6) is 0 Å². The Balaban J connectivity index is 2.27. The van der Waals surface area contributed by atoms with E-state index in [2.05, 4.69) is 4.98 Å². The number of alkyl halides is 3. The van der Waals surface area contributed by atoms with Gasteiger partial charge in [0, 0.05) is 24.2 Å². The third-order valence-electron chi connectivity index (χ3n) is 3.16. The van der Waals surface area contributed by atoms with E-state index >= 15 is 0 Å². The third-order valence-corrected chi connectivity index (χ3v) is 3.16. The molecule has 0 fully saturated rings. The molecular formula is C14H8F4N2O. The van der Waals surface area contributed by atoms with Gasteiger partial charge < -0.3 is 9.38 Å². The molecule has 0 aliphatic carbocycles. The second kappa shape index (κ2) is 4.47. The van der Waals surface area contributed by atoms with E-state index in [-0.39, 0.29) is 11.1 Å². The quantitative estimate of drug-likeness (QED) is 0.686. The van der Waals surface area contributed by atoms with Crippen molar-refractivity contribution in [1.82, 2.24) is 9.38 Å². The fraction of sp³-hybridized carbons (Fsp3) is 0.0714. The summed E-state index contributed by atoms with van der Waals surface area (Å²) in [5.74, 6) is -1.34. The first-order valence-electron chi connectivity index (χ1n) is 5.93. The number of rotatable bonds is 1. The third kappa shape index (κ3) is 2.20. The highest BCUT2D eigenvalue weighted by Crippen LogP contribution is 2.35. The predicted octanol–water partition coefficient (Wildman–Crippen LogP) is 3.45. The van der Waals surface area contributed by atoms with Crippen molar-refractivity contribution in [2.45, 2.75) is 6.18 Å². The Kier molecular flexibility index (Phi) is 2.86. The van der Waals surface area contributed by atoms with Gasteiger partial charge in [0.1, 0.15) is 11.3 Å². The lowest BCUT2D eigenvalue weighted by Gasteiger charge is -2.09. The lowest BCUT2D eigenvalue weighted by atomic mass is 10.0. The van der Waals surface area contributed by atoms with Gasteiger partial charge in [-0.15, -0.1) is 0 Å². The molecule has 0 bridgehead atoms. The molecule has 108 valence electrons. The van der Waals surface area contributed by atoms with Crippen LogP contribution in [-0.2, 0) is 6.18 Å². The van der Waals surface area contributed by atoms with E-state index in [0.29, 0.717) is 11.6 Å². The predicted molar refractivity (Wildman–Crippen MR) is 68.4 cm³/mol. The van der Waals surface area contributed by atoms with Crippen LogP contribution < -0.4 is 5.56 Å². The van der Waals surface area contributed by atoms with Crippen LogP contribution >= 0.6 is 0 Å². The lowest BCUT2D eigenvalue weighted by Crippen LogP contribution is -2.09. The van der Waals surface area contributed by atoms with Crippen molar-refractivity contribution in [2.24, 2.45) is 0 Å². The first-order valence-corrected chi connectivity index (χ1v) is 5.93. The SMILES string of the molecule is O=c1[nH]ccn2ccc(-c3ccc(F)c(C(F)(F)F)c3)c12. The Hall–Kier alpha value is -2.57. The van der Waals surface area contributed by atoms with Crippen LogP contribution in [0.15, 0.2) is 47.7 Å². The number of aromatic nitrogens is 2. The number of nitrogens with one attached hydrogen (secondary N) is 1. The van der Waals surface area contributed by atoms with Gasteiger partial charge in [-0.3, -0.25) is 4.79 Å². The van der Waals surface area contributed by atoms with Crippen LogP contribution in [-0.4, -0.2) is 9.38 Å². The highest BCUT2D eigenvalue weighted by Gasteiger charge is 2.34. The monoisotopic (exact) mass is 296 g/mol. The van der Waals surface area contributed by atoms with Crippen molar-refractivity contribution in [3.8, 4) is 11.1 Å². The number of fused-ring (bicyclic) bond motifs is 1. The molecule has 1 N–H and O–H groups in total. The highest BCUT2D eigenvalue weighted by atomic mass is 19.4. The minimum atomic E-state index is -4.79. The molecule has 7 heteroatoms. The van der Waals surface area contributed by atoms with Crippen LogP contribution in [0.3, 0.4) is 0 Å². The van der Waals surface area contributed by atoms with E-state index in [1.165, 1.54) is 22.7 Å². The summed E-state index contributed by atoms with van der Waals surface area (Å²) < 4.78 is 53.0. The maximum absolute atomic E-state index is 13.3. The fourth-order valence-electron chi connectivity index (χ4n) is 2.22. The molecule has 2 heterocycles. The smallest absolute Gasteiger partial charge is 0.326 e. The van der Waals surface area contributed by atoms with Gasteiger partial charge in [-0.05, 0) is 23.8 Å². The maximum Gasteiger partial charge on any atom is 0.419 e. The van der Waals surface area contributed by atoms with Crippen molar-refractivity contribution in [1.29, 1.82) is 0 Å². The van der Waals surface area contributed by atoms with Crippen LogP contribution in [0, 0.1) is 5.82 Å². The minimum Gasteiger partial charge on any atom is -0.326 e. The summed E-state index contributed by atoms with van der Waals surface area (Å²) in [6.07, 6.45) is -0.252. The Morgan fingerprint density at radius 2 is 1.86 bits per heavy atom. The van der Waals surface area contributed by atoms with E-state index in [1.807, 2.05) is 0 Å². The number of benzene rings is 1. The summed E-state index contributed by atoms with van der Waals surface area (Å²) in [4.78, 5) is 14.3. The standard InChI is InChI=1S/C14H8F4N2O/c15-11-2-1-8(7-10(11)14(16,17)18)9-3-5-20-6-4-19-13(21)12(9)20/h1-7H,(H,19,21). The molecule has 3 rings (SSSR count). The highest BCUT2D eigenvalue weighted by molar-refractivity contribution is 5.80. The van der Waals surface area contributed by atoms with E-state index in [0.717, 1.165) is 6.07 Å². The number of hydrogen-bond donors (Lipinski definition) is 1. The molecule has 0 unspecified atom stereocenters. The van der Waals surface area contributed by atoms with Gasteiger partial charge in [0.05, 0.1) is 5.56 Å². The van der Waals surface area contributed by atoms with Crippen molar-refractivity contribution >= 4 is 5.52 Å².